The monoisotopic (exact) mass is 222 g/mol. The molecule has 1 heterocycles. The molecule has 4 heteroatoms. The third-order valence-corrected chi connectivity index (χ3v) is 3.64. The lowest BCUT2D eigenvalue weighted by atomic mass is 10.2. The summed E-state index contributed by atoms with van der Waals surface area (Å²) in [5.41, 5.74) is 2.13. The number of benzene rings is 1. The Kier molecular flexibility index (Phi) is 2.86. The van der Waals surface area contributed by atoms with Crippen LogP contribution in [0.5, 0.6) is 0 Å². The lowest BCUT2D eigenvalue weighted by Gasteiger charge is -2.26. The maximum Gasteiger partial charge on any atom is 0.115 e. The second-order valence-electron chi connectivity index (χ2n) is 3.57. The van der Waals surface area contributed by atoms with Gasteiger partial charge < -0.3 is 14.8 Å². The molecular formula is C11H12NO2S-. The minimum atomic E-state index is -1.00. The molecule has 0 saturated carbocycles. The minimum Gasteiger partial charge on any atom is -0.547 e. The van der Waals surface area contributed by atoms with Crippen molar-refractivity contribution in [1.29, 1.82) is 0 Å². The van der Waals surface area contributed by atoms with E-state index in [9.17, 15) is 9.90 Å². The van der Waals surface area contributed by atoms with Crippen LogP contribution in [0.25, 0.3) is 0 Å². The molecule has 0 aliphatic carbocycles. The van der Waals surface area contributed by atoms with E-state index in [1.165, 1.54) is 17.3 Å². The van der Waals surface area contributed by atoms with Gasteiger partial charge in [0.25, 0.3) is 0 Å². The van der Waals surface area contributed by atoms with Crippen LogP contribution < -0.4 is 10.0 Å². The zero-order chi connectivity index (χ0) is 10.8. The predicted molar refractivity (Wildman–Crippen MR) is 59.8 cm³/mol. The summed E-state index contributed by atoms with van der Waals surface area (Å²) in [6.07, 6.45) is 0. The fourth-order valence-electron chi connectivity index (χ4n) is 1.67. The average Bonchev–Trinajstić information content (AvgIpc) is 2.67. The summed E-state index contributed by atoms with van der Waals surface area (Å²) in [7, 11) is 0. The molecule has 80 valence electrons. The van der Waals surface area contributed by atoms with Crippen LogP contribution >= 0.6 is 11.8 Å². The van der Waals surface area contributed by atoms with Gasteiger partial charge in [0.05, 0.1) is 5.97 Å². The number of thioether (sulfide) groups is 1. The van der Waals surface area contributed by atoms with Gasteiger partial charge in [0, 0.05) is 18.0 Å². The number of hydrogen-bond acceptors (Lipinski definition) is 4. The molecule has 0 bridgehead atoms. The Labute approximate surface area is 93.1 Å². The second kappa shape index (κ2) is 4.14. The summed E-state index contributed by atoms with van der Waals surface area (Å²) in [4.78, 5) is 12.8. The van der Waals surface area contributed by atoms with E-state index >= 15 is 0 Å². The molecule has 0 amide bonds. The molecule has 1 atom stereocenters. The van der Waals surface area contributed by atoms with E-state index in [1.807, 2.05) is 36.1 Å². The van der Waals surface area contributed by atoms with Crippen molar-refractivity contribution in [2.45, 2.75) is 12.3 Å². The number of carbonyl (C=O) groups is 1. The molecule has 0 unspecified atom stereocenters. The quantitative estimate of drug-likeness (QED) is 0.736. The number of anilines is 1. The lowest BCUT2D eigenvalue weighted by Crippen LogP contribution is -2.43. The Hall–Kier alpha value is -1.16. The van der Waals surface area contributed by atoms with Crippen molar-refractivity contribution in [3.63, 3.8) is 0 Å². The summed E-state index contributed by atoms with van der Waals surface area (Å²) in [5, 5.41) is 10.3. The van der Waals surface area contributed by atoms with Gasteiger partial charge in [-0.2, -0.15) is 0 Å². The molecule has 1 aromatic carbocycles. The van der Waals surface area contributed by atoms with Crippen molar-refractivity contribution in [1.82, 2.24) is 0 Å². The van der Waals surface area contributed by atoms with E-state index in [1.54, 1.807) is 0 Å². The smallest absolute Gasteiger partial charge is 0.115 e. The van der Waals surface area contributed by atoms with Crippen molar-refractivity contribution in [2.24, 2.45) is 0 Å². The van der Waals surface area contributed by atoms with E-state index in [4.69, 9.17) is 0 Å². The molecule has 0 radical (unpaired) electrons. The van der Waals surface area contributed by atoms with E-state index < -0.39 is 11.3 Å². The number of aliphatic carboxylic acids is 1. The van der Waals surface area contributed by atoms with Crippen LogP contribution in [0.4, 0.5) is 5.69 Å². The predicted octanol–water partition coefficient (Wildman–Crippen LogP) is 0.624. The van der Waals surface area contributed by atoms with Gasteiger partial charge in [0.1, 0.15) is 5.37 Å². The first-order chi connectivity index (χ1) is 7.18. The summed E-state index contributed by atoms with van der Waals surface area (Å²) in [6.45, 7) is 2.78. The maximum absolute atomic E-state index is 10.9. The molecule has 1 aliphatic heterocycles. The summed E-state index contributed by atoms with van der Waals surface area (Å²) in [5.74, 6) is -0.162. The third kappa shape index (κ3) is 2.09. The standard InChI is InChI=1S/C11H13NO2S/c1-8-2-4-9(5-3-8)12-6-7-15-10(12)11(13)14/h2-5,10H,6-7H2,1H3,(H,13,14)/p-1/t10-/m0/s1. The highest BCUT2D eigenvalue weighted by Crippen LogP contribution is 2.29. The number of aryl methyl sites for hydroxylation is 1. The van der Waals surface area contributed by atoms with Gasteiger partial charge in [-0.3, -0.25) is 0 Å². The Morgan fingerprint density at radius 2 is 2.13 bits per heavy atom. The molecule has 1 aliphatic rings. The average molecular weight is 222 g/mol. The van der Waals surface area contributed by atoms with Gasteiger partial charge in [-0.05, 0) is 19.1 Å². The summed E-state index contributed by atoms with van der Waals surface area (Å²) in [6, 6.07) is 7.89. The molecule has 2 rings (SSSR count). The molecule has 0 spiro atoms. The normalized spacial score (nSPS) is 20.6. The fraction of sp³-hybridized carbons (Fsp3) is 0.364. The Morgan fingerprint density at radius 1 is 1.47 bits per heavy atom. The van der Waals surface area contributed by atoms with Gasteiger partial charge in [-0.1, -0.05) is 17.7 Å². The van der Waals surface area contributed by atoms with Crippen molar-refractivity contribution in [2.75, 3.05) is 17.2 Å². The van der Waals surface area contributed by atoms with Gasteiger partial charge in [-0.25, -0.2) is 0 Å². The van der Waals surface area contributed by atoms with Crippen molar-refractivity contribution >= 4 is 23.4 Å². The van der Waals surface area contributed by atoms with Crippen LogP contribution in [-0.4, -0.2) is 23.6 Å². The Balaban J connectivity index is 2.22. The van der Waals surface area contributed by atoms with Gasteiger partial charge in [0.15, 0.2) is 0 Å². The zero-order valence-corrected chi connectivity index (χ0v) is 9.29. The Bertz CT molecular complexity index is 363. The Morgan fingerprint density at radius 3 is 2.73 bits per heavy atom. The number of rotatable bonds is 2. The van der Waals surface area contributed by atoms with Crippen molar-refractivity contribution < 1.29 is 9.90 Å². The van der Waals surface area contributed by atoms with E-state index in [2.05, 4.69) is 0 Å². The number of nitrogens with zero attached hydrogens (tertiary/aromatic N) is 1. The van der Waals surface area contributed by atoms with Crippen LogP contribution in [0, 0.1) is 6.92 Å². The molecule has 3 nitrogen and oxygen atoms in total. The second-order valence-corrected chi connectivity index (χ2v) is 4.76. The van der Waals surface area contributed by atoms with Crippen LogP contribution in [0.2, 0.25) is 0 Å². The number of carboxylic acid groups (broad SMARTS) is 1. The fourth-order valence-corrected chi connectivity index (χ4v) is 2.73. The van der Waals surface area contributed by atoms with Gasteiger partial charge in [0.2, 0.25) is 0 Å². The van der Waals surface area contributed by atoms with Crippen LogP contribution in [0.15, 0.2) is 24.3 Å². The third-order valence-electron chi connectivity index (χ3n) is 2.46. The van der Waals surface area contributed by atoms with E-state index in [0.29, 0.717) is 0 Å². The van der Waals surface area contributed by atoms with Crippen molar-refractivity contribution in [3.8, 4) is 0 Å². The highest BCUT2D eigenvalue weighted by atomic mass is 32.2. The zero-order valence-electron chi connectivity index (χ0n) is 8.47. The minimum absolute atomic E-state index is 0.535. The topological polar surface area (TPSA) is 43.4 Å². The van der Waals surface area contributed by atoms with Crippen LogP contribution in [0.1, 0.15) is 5.56 Å². The molecule has 15 heavy (non-hydrogen) atoms. The molecule has 1 aromatic rings. The van der Waals surface area contributed by atoms with Gasteiger partial charge >= 0.3 is 0 Å². The molecule has 1 fully saturated rings. The lowest BCUT2D eigenvalue weighted by molar-refractivity contribution is -0.304. The number of hydrogen-bond donors (Lipinski definition) is 0. The molecule has 0 aromatic heterocycles. The largest absolute Gasteiger partial charge is 0.547 e. The molecular weight excluding hydrogens is 210 g/mol. The highest BCUT2D eigenvalue weighted by molar-refractivity contribution is 8.01. The van der Waals surface area contributed by atoms with E-state index in [0.717, 1.165) is 18.0 Å². The molecule has 1 saturated heterocycles. The first kappa shape index (κ1) is 10.4. The maximum atomic E-state index is 10.9. The SMILES string of the molecule is Cc1ccc(N2CCS[C@H]2C(=O)[O-])cc1. The molecule has 0 N–H and O–H groups in total. The summed E-state index contributed by atoms with van der Waals surface area (Å²) < 4.78 is 0. The van der Waals surface area contributed by atoms with Gasteiger partial charge in [-0.15, -0.1) is 11.8 Å². The summed E-state index contributed by atoms with van der Waals surface area (Å²) >= 11 is 1.42. The first-order valence-corrected chi connectivity index (χ1v) is 5.89. The van der Waals surface area contributed by atoms with Crippen molar-refractivity contribution in [3.05, 3.63) is 29.8 Å². The first-order valence-electron chi connectivity index (χ1n) is 4.84. The van der Waals surface area contributed by atoms with E-state index in [-0.39, 0.29) is 0 Å². The number of carboxylic acids is 1. The van der Waals surface area contributed by atoms with Crippen LogP contribution in [-0.2, 0) is 4.79 Å². The number of carbonyl (C=O) groups excluding carboxylic acids is 1. The highest BCUT2D eigenvalue weighted by Gasteiger charge is 2.25. The van der Waals surface area contributed by atoms with Crippen LogP contribution in [0.3, 0.4) is 0 Å².